The van der Waals surface area contributed by atoms with E-state index >= 15 is 0 Å². The lowest BCUT2D eigenvalue weighted by Crippen LogP contribution is -2.39. The summed E-state index contributed by atoms with van der Waals surface area (Å²) in [6.45, 7) is 7.10. The largest absolute Gasteiger partial charge is 0.497 e. The highest BCUT2D eigenvalue weighted by molar-refractivity contribution is 14.0. The van der Waals surface area contributed by atoms with E-state index in [1.807, 2.05) is 24.3 Å². The lowest BCUT2D eigenvalue weighted by atomic mass is 10.3. The number of ether oxygens (including phenoxy) is 2. The Bertz CT molecular complexity index is 763. The predicted octanol–water partition coefficient (Wildman–Crippen LogP) is 3.55. The third-order valence-corrected chi connectivity index (χ3v) is 5.57. The van der Waals surface area contributed by atoms with Crippen LogP contribution in [0.3, 0.4) is 0 Å². The molecular formula is C21H32IN5O2S. The number of benzene rings is 1. The van der Waals surface area contributed by atoms with E-state index in [-0.39, 0.29) is 24.0 Å². The fraction of sp³-hybridized carbons (Fsp3) is 0.524. The van der Waals surface area contributed by atoms with E-state index < -0.39 is 0 Å². The van der Waals surface area contributed by atoms with Crippen molar-refractivity contribution in [3.63, 3.8) is 0 Å². The molecule has 1 aromatic heterocycles. The van der Waals surface area contributed by atoms with Gasteiger partial charge in [-0.1, -0.05) is 0 Å². The number of methoxy groups -OCH3 is 1. The lowest BCUT2D eigenvalue weighted by molar-refractivity contribution is 0.321. The number of nitrogens with one attached hydrogen (secondary N) is 2. The molecule has 0 unspecified atom stereocenters. The van der Waals surface area contributed by atoms with Gasteiger partial charge in [0, 0.05) is 38.0 Å². The van der Waals surface area contributed by atoms with Gasteiger partial charge >= 0.3 is 0 Å². The van der Waals surface area contributed by atoms with Gasteiger partial charge in [-0.15, -0.1) is 35.3 Å². The van der Waals surface area contributed by atoms with Gasteiger partial charge in [0.25, 0.3) is 0 Å². The number of hydrogen-bond acceptors (Lipinski definition) is 6. The molecule has 0 atom stereocenters. The highest BCUT2D eigenvalue weighted by atomic mass is 127. The summed E-state index contributed by atoms with van der Waals surface area (Å²) in [4.78, 5) is 11.8. The van der Waals surface area contributed by atoms with E-state index in [9.17, 15) is 0 Å². The minimum atomic E-state index is 0. The molecule has 7 nitrogen and oxygen atoms in total. The van der Waals surface area contributed by atoms with Crippen LogP contribution < -0.4 is 25.0 Å². The maximum Gasteiger partial charge on any atom is 0.191 e. The van der Waals surface area contributed by atoms with Crippen molar-refractivity contribution >= 4 is 46.4 Å². The van der Waals surface area contributed by atoms with Gasteiger partial charge in [0.2, 0.25) is 0 Å². The number of aliphatic imine (C=N–C) groups is 1. The molecule has 0 radical (unpaired) electrons. The number of aromatic nitrogens is 1. The van der Waals surface area contributed by atoms with Crippen LogP contribution in [0.4, 0.5) is 5.13 Å². The van der Waals surface area contributed by atoms with Gasteiger partial charge in [0.05, 0.1) is 19.3 Å². The number of guanidine groups is 1. The first kappa shape index (κ1) is 24.5. The predicted molar refractivity (Wildman–Crippen MR) is 135 cm³/mol. The summed E-state index contributed by atoms with van der Waals surface area (Å²) in [5.74, 6) is 2.46. The van der Waals surface area contributed by atoms with Gasteiger partial charge in [-0.3, -0.25) is 4.99 Å². The van der Waals surface area contributed by atoms with Crippen molar-refractivity contribution in [3.05, 3.63) is 35.3 Å². The van der Waals surface area contributed by atoms with E-state index in [2.05, 4.69) is 32.8 Å². The van der Waals surface area contributed by atoms with Crippen LogP contribution in [-0.2, 0) is 6.42 Å². The lowest BCUT2D eigenvalue weighted by Gasteiger charge is -2.12. The highest BCUT2D eigenvalue weighted by Crippen LogP contribution is 2.24. The van der Waals surface area contributed by atoms with E-state index in [0.29, 0.717) is 19.7 Å². The maximum atomic E-state index is 5.75. The zero-order chi connectivity index (χ0) is 20.3. The second-order valence-corrected chi connectivity index (χ2v) is 7.61. The fourth-order valence-corrected chi connectivity index (χ4v) is 4.01. The zero-order valence-electron chi connectivity index (χ0n) is 17.7. The molecule has 1 aliphatic rings. The van der Waals surface area contributed by atoms with Crippen molar-refractivity contribution in [2.45, 2.75) is 26.2 Å². The van der Waals surface area contributed by atoms with Crippen LogP contribution in [0.5, 0.6) is 11.5 Å². The quantitative estimate of drug-likeness (QED) is 0.206. The van der Waals surface area contributed by atoms with Crippen LogP contribution in [0.2, 0.25) is 0 Å². The summed E-state index contributed by atoms with van der Waals surface area (Å²) in [5.41, 5.74) is 1.12. The van der Waals surface area contributed by atoms with Crippen LogP contribution >= 0.6 is 35.3 Å². The van der Waals surface area contributed by atoms with Crippen molar-refractivity contribution in [2.24, 2.45) is 4.99 Å². The molecule has 1 aliphatic heterocycles. The van der Waals surface area contributed by atoms with Crippen molar-refractivity contribution in [1.82, 2.24) is 15.6 Å². The Kier molecular flexibility index (Phi) is 11.1. The third-order valence-electron chi connectivity index (χ3n) is 4.62. The van der Waals surface area contributed by atoms with E-state index in [4.69, 9.17) is 14.5 Å². The SMILES string of the molecule is CCNC(=NCCc1csc(N2CCCC2)n1)NCCOc1ccc(OC)cc1.I. The molecule has 0 aliphatic carbocycles. The summed E-state index contributed by atoms with van der Waals surface area (Å²) in [6.07, 6.45) is 3.40. The van der Waals surface area contributed by atoms with E-state index in [1.54, 1.807) is 18.4 Å². The Morgan fingerprint density at radius 2 is 1.90 bits per heavy atom. The molecule has 1 aromatic carbocycles. The minimum absolute atomic E-state index is 0. The molecule has 9 heteroatoms. The number of rotatable bonds is 10. The fourth-order valence-electron chi connectivity index (χ4n) is 3.10. The summed E-state index contributed by atoms with van der Waals surface area (Å²) in [7, 11) is 1.66. The van der Waals surface area contributed by atoms with Crippen LogP contribution in [0.15, 0.2) is 34.6 Å². The van der Waals surface area contributed by atoms with Crippen LogP contribution in [0.25, 0.3) is 0 Å². The van der Waals surface area contributed by atoms with E-state index in [1.165, 1.54) is 12.8 Å². The number of anilines is 1. The molecule has 3 rings (SSSR count). The zero-order valence-corrected chi connectivity index (χ0v) is 20.9. The number of nitrogens with zero attached hydrogens (tertiary/aromatic N) is 3. The number of thiazole rings is 1. The normalized spacial score (nSPS) is 13.7. The number of hydrogen-bond donors (Lipinski definition) is 2. The molecule has 2 heterocycles. The average Bonchev–Trinajstić information content (AvgIpc) is 3.43. The van der Waals surface area contributed by atoms with Crippen molar-refractivity contribution in [1.29, 1.82) is 0 Å². The molecule has 1 saturated heterocycles. The molecule has 30 heavy (non-hydrogen) atoms. The molecule has 1 fully saturated rings. The standard InChI is InChI=1S/C21H31N5O2S.HI/c1-3-22-20(24-12-15-28-19-8-6-18(27-2)7-9-19)23-11-10-17-16-29-21(25-17)26-13-4-5-14-26;/h6-9,16H,3-5,10-15H2,1-2H3,(H2,22,23,24);1H. The van der Waals surface area contributed by atoms with Crippen molar-refractivity contribution in [3.8, 4) is 11.5 Å². The molecule has 2 N–H and O–H groups in total. The minimum Gasteiger partial charge on any atom is -0.497 e. The smallest absolute Gasteiger partial charge is 0.191 e. The molecular weight excluding hydrogens is 513 g/mol. The second kappa shape index (κ2) is 13.5. The van der Waals surface area contributed by atoms with Crippen LogP contribution in [0.1, 0.15) is 25.5 Å². The van der Waals surface area contributed by atoms with Crippen molar-refractivity contribution < 1.29 is 9.47 Å². The van der Waals surface area contributed by atoms with Gasteiger partial charge in [0.15, 0.2) is 11.1 Å². The summed E-state index contributed by atoms with van der Waals surface area (Å²) in [6, 6.07) is 7.59. The van der Waals surface area contributed by atoms with Crippen LogP contribution in [-0.4, -0.2) is 57.4 Å². The number of halogens is 1. The van der Waals surface area contributed by atoms with Crippen LogP contribution in [0, 0.1) is 0 Å². The summed E-state index contributed by atoms with van der Waals surface area (Å²) >= 11 is 1.74. The molecule has 0 amide bonds. The Labute approximate surface area is 200 Å². The second-order valence-electron chi connectivity index (χ2n) is 6.78. The Morgan fingerprint density at radius 3 is 2.60 bits per heavy atom. The van der Waals surface area contributed by atoms with Gasteiger partial charge in [-0.05, 0) is 44.0 Å². The average molecular weight is 545 g/mol. The molecule has 166 valence electrons. The Morgan fingerprint density at radius 1 is 1.17 bits per heavy atom. The Balaban J connectivity index is 0.00000320. The first-order valence-corrected chi connectivity index (χ1v) is 11.1. The summed E-state index contributed by atoms with van der Waals surface area (Å²) in [5, 5.41) is 9.90. The van der Waals surface area contributed by atoms with Crippen molar-refractivity contribution in [2.75, 3.05) is 51.3 Å². The maximum absolute atomic E-state index is 5.75. The molecule has 0 saturated carbocycles. The highest BCUT2D eigenvalue weighted by Gasteiger charge is 2.15. The summed E-state index contributed by atoms with van der Waals surface area (Å²) < 4.78 is 10.9. The van der Waals surface area contributed by atoms with Gasteiger partial charge in [0.1, 0.15) is 18.1 Å². The topological polar surface area (TPSA) is 71.0 Å². The Hall–Kier alpha value is -1.75. The molecule has 0 spiro atoms. The first-order chi connectivity index (χ1) is 14.3. The third kappa shape index (κ3) is 7.82. The van der Waals surface area contributed by atoms with Gasteiger partial charge in [-0.2, -0.15) is 0 Å². The monoisotopic (exact) mass is 545 g/mol. The van der Waals surface area contributed by atoms with E-state index in [0.717, 1.165) is 54.3 Å². The van der Waals surface area contributed by atoms with Gasteiger partial charge < -0.3 is 25.0 Å². The first-order valence-electron chi connectivity index (χ1n) is 10.3. The molecule has 2 aromatic rings. The van der Waals surface area contributed by atoms with Gasteiger partial charge in [-0.25, -0.2) is 4.98 Å². The molecule has 0 bridgehead atoms.